The first-order valence-electron chi connectivity index (χ1n) is 11.0. The molecular formula is C31H19Br. The molecule has 5 aromatic rings. The molecule has 0 aliphatic heterocycles. The first-order valence-corrected chi connectivity index (χ1v) is 11.8. The van der Waals surface area contributed by atoms with Crippen molar-refractivity contribution in [3.05, 3.63) is 142 Å². The molecule has 0 atom stereocenters. The van der Waals surface area contributed by atoms with Crippen LogP contribution >= 0.6 is 15.9 Å². The Morgan fingerprint density at radius 1 is 0.406 bits per heavy atom. The van der Waals surface area contributed by atoms with E-state index in [-0.39, 0.29) is 5.41 Å². The highest BCUT2D eigenvalue weighted by molar-refractivity contribution is 9.10. The molecule has 150 valence electrons. The highest BCUT2D eigenvalue weighted by Crippen LogP contribution is 2.62. The van der Waals surface area contributed by atoms with E-state index < -0.39 is 0 Å². The molecule has 1 heteroatoms. The van der Waals surface area contributed by atoms with Gasteiger partial charge in [0, 0.05) is 4.47 Å². The van der Waals surface area contributed by atoms with Crippen LogP contribution in [0.2, 0.25) is 0 Å². The number of fused-ring (bicyclic) bond motifs is 10. The molecule has 0 saturated carbocycles. The molecule has 2 aliphatic carbocycles. The third-order valence-electron chi connectivity index (χ3n) is 7.17. The summed E-state index contributed by atoms with van der Waals surface area (Å²) in [4.78, 5) is 0. The van der Waals surface area contributed by atoms with Crippen molar-refractivity contribution in [2.45, 2.75) is 5.41 Å². The molecule has 0 heterocycles. The van der Waals surface area contributed by atoms with Crippen molar-refractivity contribution in [2.24, 2.45) is 0 Å². The van der Waals surface area contributed by atoms with Gasteiger partial charge in [-0.25, -0.2) is 0 Å². The van der Waals surface area contributed by atoms with Gasteiger partial charge in [-0.05, 0) is 73.8 Å². The van der Waals surface area contributed by atoms with Gasteiger partial charge in [0.2, 0.25) is 0 Å². The monoisotopic (exact) mass is 470 g/mol. The topological polar surface area (TPSA) is 0 Å². The van der Waals surface area contributed by atoms with E-state index >= 15 is 0 Å². The Kier molecular flexibility index (Phi) is 3.72. The average molecular weight is 471 g/mol. The Labute approximate surface area is 196 Å². The molecule has 1 spiro atoms. The van der Waals surface area contributed by atoms with Gasteiger partial charge >= 0.3 is 0 Å². The minimum atomic E-state index is -0.273. The Bertz CT molecular complexity index is 1460. The van der Waals surface area contributed by atoms with E-state index in [1.807, 2.05) is 0 Å². The molecule has 32 heavy (non-hydrogen) atoms. The van der Waals surface area contributed by atoms with E-state index in [2.05, 4.69) is 131 Å². The van der Waals surface area contributed by atoms with Gasteiger partial charge in [-0.2, -0.15) is 0 Å². The highest BCUT2D eigenvalue weighted by atomic mass is 79.9. The summed E-state index contributed by atoms with van der Waals surface area (Å²) in [7, 11) is 0. The van der Waals surface area contributed by atoms with Crippen LogP contribution in [0.1, 0.15) is 22.3 Å². The Balaban J connectivity index is 1.61. The van der Waals surface area contributed by atoms with Crippen molar-refractivity contribution >= 4 is 15.9 Å². The molecule has 0 saturated heterocycles. The van der Waals surface area contributed by atoms with E-state index in [0.29, 0.717) is 0 Å². The van der Waals surface area contributed by atoms with Gasteiger partial charge in [-0.1, -0.05) is 113 Å². The second-order valence-corrected chi connectivity index (χ2v) is 9.57. The maximum absolute atomic E-state index is 3.57. The summed E-state index contributed by atoms with van der Waals surface area (Å²) < 4.78 is 1.10. The van der Waals surface area contributed by atoms with Crippen molar-refractivity contribution in [2.75, 3.05) is 0 Å². The fourth-order valence-corrected chi connectivity index (χ4v) is 6.18. The van der Waals surface area contributed by atoms with E-state index in [9.17, 15) is 0 Å². The fourth-order valence-electron chi connectivity index (χ4n) is 5.92. The predicted octanol–water partition coefficient (Wildman–Crippen LogP) is 8.46. The minimum Gasteiger partial charge on any atom is -0.0619 e. The molecule has 0 fully saturated rings. The van der Waals surface area contributed by atoms with Crippen LogP contribution in [0.15, 0.2) is 120 Å². The first-order chi connectivity index (χ1) is 15.8. The van der Waals surface area contributed by atoms with Gasteiger partial charge in [0.1, 0.15) is 0 Å². The molecule has 5 aromatic carbocycles. The number of hydrogen-bond donors (Lipinski definition) is 0. The van der Waals surface area contributed by atoms with Crippen LogP contribution in [-0.4, -0.2) is 0 Å². The molecular weight excluding hydrogens is 452 g/mol. The summed E-state index contributed by atoms with van der Waals surface area (Å²) >= 11 is 3.57. The maximum atomic E-state index is 3.57. The van der Waals surface area contributed by atoms with Crippen LogP contribution in [0.4, 0.5) is 0 Å². The smallest absolute Gasteiger partial charge is 0.0619 e. The normalized spacial score (nSPS) is 14.0. The summed E-state index contributed by atoms with van der Waals surface area (Å²) in [6.07, 6.45) is 0. The van der Waals surface area contributed by atoms with Crippen LogP contribution in [0.3, 0.4) is 0 Å². The average Bonchev–Trinajstić information content (AvgIpc) is 3.32. The largest absolute Gasteiger partial charge is 0.0725 e. The lowest BCUT2D eigenvalue weighted by molar-refractivity contribution is 0.794. The predicted molar refractivity (Wildman–Crippen MR) is 136 cm³/mol. The van der Waals surface area contributed by atoms with E-state index in [1.165, 1.54) is 55.6 Å². The first kappa shape index (κ1) is 18.2. The lowest BCUT2D eigenvalue weighted by Gasteiger charge is -2.30. The maximum Gasteiger partial charge on any atom is 0.0725 e. The molecule has 0 N–H and O–H groups in total. The number of hydrogen-bond acceptors (Lipinski definition) is 0. The van der Waals surface area contributed by atoms with E-state index in [0.717, 1.165) is 4.47 Å². The van der Waals surface area contributed by atoms with Crippen molar-refractivity contribution in [3.63, 3.8) is 0 Å². The Hall–Kier alpha value is -3.42. The van der Waals surface area contributed by atoms with Gasteiger partial charge in [0.15, 0.2) is 0 Å². The van der Waals surface area contributed by atoms with E-state index in [1.54, 1.807) is 0 Å². The summed E-state index contributed by atoms with van der Waals surface area (Å²) in [6.45, 7) is 0. The standard InChI is InChI=1S/C31H19Br/c32-22-16-13-20(14-17-22)21-15-18-26-25-9-3-6-12-29(25)31(30(26)19-21)27-10-4-1-7-23(27)24-8-2-5-11-28(24)31/h1-19H. The second kappa shape index (κ2) is 6.54. The van der Waals surface area contributed by atoms with Crippen molar-refractivity contribution in [3.8, 4) is 33.4 Å². The lowest BCUT2D eigenvalue weighted by Crippen LogP contribution is -2.25. The Morgan fingerprint density at radius 3 is 1.38 bits per heavy atom. The molecule has 0 nitrogen and oxygen atoms in total. The van der Waals surface area contributed by atoms with Gasteiger partial charge in [-0.15, -0.1) is 0 Å². The van der Waals surface area contributed by atoms with Gasteiger partial charge in [0.05, 0.1) is 5.41 Å². The zero-order chi connectivity index (χ0) is 21.3. The summed E-state index contributed by atoms with van der Waals surface area (Å²) in [6, 6.07) is 42.5. The zero-order valence-corrected chi connectivity index (χ0v) is 18.9. The van der Waals surface area contributed by atoms with Gasteiger partial charge in [-0.3, -0.25) is 0 Å². The van der Waals surface area contributed by atoms with Crippen LogP contribution in [0.25, 0.3) is 33.4 Å². The van der Waals surface area contributed by atoms with Crippen LogP contribution in [0, 0.1) is 0 Å². The van der Waals surface area contributed by atoms with Gasteiger partial charge < -0.3 is 0 Å². The van der Waals surface area contributed by atoms with Crippen molar-refractivity contribution in [1.29, 1.82) is 0 Å². The highest BCUT2D eigenvalue weighted by Gasteiger charge is 2.51. The fraction of sp³-hybridized carbons (Fsp3) is 0.0323. The van der Waals surface area contributed by atoms with Crippen LogP contribution in [-0.2, 0) is 5.41 Å². The lowest BCUT2D eigenvalue weighted by atomic mass is 9.70. The zero-order valence-electron chi connectivity index (χ0n) is 17.3. The number of halogens is 1. The van der Waals surface area contributed by atoms with Crippen LogP contribution in [0.5, 0.6) is 0 Å². The molecule has 2 aliphatic rings. The molecule has 7 rings (SSSR count). The summed E-state index contributed by atoms with van der Waals surface area (Å²) in [5, 5.41) is 0. The molecule has 0 radical (unpaired) electrons. The quantitative estimate of drug-likeness (QED) is 0.225. The van der Waals surface area contributed by atoms with Crippen molar-refractivity contribution < 1.29 is 0 Å². The van der Waals surface area contributed by atoms with Gasteiger partial charge in [0.25, 0.3) is 0 Å². The molecule has 0 amide bonds. The minimum absolute atomic E-state index is 0.273. The third-order valence-corrected chi connectivity index (χ3v) is 7.70. The van der Waals surface area contributed by atoms with E-state index in [4.69, 9.17) is 0 Å². The summed E-state index contributed by atoms with van der Waals surface area (Å²) in [5.74, 6) is 0. The number of rotatable bonds is 1. The number of benzene rings is 5. The molecule has 0 aromatic heterocycles. The summed E-state index contributed by atoms with van der Waals surface area (Å²) in [5.41, 5.74) is 13.2. The molecule has 0 bridgehead atoms. The third kappa shape index (κ3) is 2.22. The SMILES string of the molecule is Brc1ccc(-c2ccc3c(c2)C2(c4ccccc4-c4ccccc42)c2ccccc2-3)cc1. The second-order valence-electron chi connectivity index (χ2n) is 8.65. The van der Waals surface area contributed by atoms with Crippen LogP contribution < -0.4 is 0 Å². The molecule has 0 unspecified atom stereocenters. The Morgan fingerprint density at radius 2 is 0.844 bits per heavy atom. The van der Waals surface area contributed by atoms with Crippen molar-refractivity contribution in [1.82, 2.24) is 0 Å².